The molecule has 13 heteroatoms. The van der Waals surface area contributed by atoms with Crippen LogP contribution in [0.5, 0.6) is 0 Å². The molecule has 0 aliphatic carbocycles. The number of imide groups is 1. The first-order chi connectivity index (χ1) is 17.2. The lowest BCUT2D eigenvalue weighted by atomic mass is 9.97. The molecular weight excluding hydrogens is 547 g/mol. The number of nitrogens with one attached hydrogen (secondary N) is 1. The molecule has 2 fully saturated rings. The lowest BCUT2D eigenvalue weighted by molar-refractivity contribution is -0.127. The van der Waals surface area contributed by atoms with Crippen LogP contribution in [0, 0.1) is 5.92 Å². The fourth-order valence-corrected chi connectivity index (χ4v) is 6.99. The zero-order valence-electron chi connectivity index (χ0n) is 18.9. The zero-order chi connectivity index (χ0) is 25.9. The number of piperidine rings is 1. The van der Waals surface area contributed by atoms with E-state index in [9.17, 15) is 22.8 Å². The second kappa shape index (κ2) is 11.3. The molecule has 190 valence electrons. The summed E-state index contributed by atoms with van der Waals surface area (Å²) in [5, 5.41) is 2.48. The average Bonchev–Trinajstić information content (AvgIpc) is 3.13. The molecule has 1 aromatic carbocycles. The van der Waals surface area contributed by atoms with Crippen LogP contribution in [0.2, 0.25) is 10.0 Å². The fourth-order valence-electron chi connectivity index (χ4n) is 3.92. The first-order valence-electron chi connectivity index (χ1n) is 11.1. The third-order valence-electron chi connectivity index (χ3n) is 5.85. The van der Waals surface area contributed by atoms with E-state index < -0.39 is 21.2 Å². The van der Waals surface area contributed by atoms with Crippen LogP contribution in [0.4, 0.5) is 4.79 Å². The Labute approximate surface area is 222 Å². The van der Waals surface area contributed by atoms with Crippen molar-refractivity contribution in [2.45, 2.75) is 17.7 Å². The number of pyridine rings is 1. The third kappa shape index (κ3) is 5.76. The number of rotatable bonds is 7. The Morgan fingerprint density at radius 2 is 1.92 bits per heavy atom. The van der Waals surface area contributed by atoms with E-state index in [4.69, 9.17) is 23.2 Å². The Bertz CT molecular complexity index is 1310. The van der Waals surface area contributed by atoms with E-state index in [0.717, 1.165) is 16.7 Å². The van der Waals surface area contributed by atoms with Crippen LogP contribution < -0.4 is 5.32 Å². The number of nitrogens with zero attached hydrogens (tertiary/aromatic N) is 3. The number of thioether (sulfide) groups is 1. The second-order valence-corrected chi connectivity index (χ2v) is 11.8. The first-order valence-corrected chi connectivity index (χ1v) is 14.1. The number of carbonyl (C=O) groups excluding carboxylic acids is 3. The molecule has 0 saturated carbocycles. The highest BCUT2D eigenvalue weighted by atomic mass is 35.5. The third-order valence-corrected chi connectivity index (χ3v) is 9.63. The SMILES string of the molecule is O=C(NCCN1C(=O)S/C(=C\c2cccnc2)C1=O)C1CCN(S(=O)(=O)c2cccc(Cl)c2Cl)CC1. The molecule has 2 aliphatic heterocycles. The normalized spacial score (nSPS) is 18.7. The molecule has 9 nitrogen and oxygen atoms in total. The average molecular weight is 569 g/mol. The summed E-state index contributed by atoms with van der Waals surface area (Å²) < 4.78 is 27.2. The van der Waals surface area contributed by atoms with Crippen LogP contribution in [-0.4, -0.2) is 65.8 Å². The monoisotopic (exact) mass is 568 g/mol. The lowest BCUT2D eigenvalue weighted by Gasteiger charge is -2.31. The Hall–Kier alpha value is -2.44. The molecule has 2 aliphatic rings. The van der Waals surface area contributed by atoms with E-state index in [2.05, 4.69) is 10.3 Å². The van der Waals surface area contributed by atoms with E-state index in [1.807, 2.05) is 0 Å². The van der Waals surface area contributed by atoms with Gasteiger partial charge in [0.15, 0.2) is 0 Å². The summed E-state index contributed by atoms with van der Waals surface area (Å²) in [7, 11) is -3.84. The minimum Gasteiger partial charge on any atom is -0.354 e. The molecule has 2 aromatic rings. The lowest BCUT2D eigenvalue weighted by Crippen LogP contribution is -2.44. The van der Waals surface area contributed by atoms with Gasteiger partial charge in [0.2, 0.25) is 15.9 Å². The molecule has 1 aromatic heterocycles. The topological polar surface area (TPSA) is 117 Å². The summed E-state index contributed by atoms with van der Waals surface area (Å²) in [6, 6.07) is 7.95. The Balaban J connectivity index is 1.27. The molecular formula is C23H22Cl2N4O5S2. The Morgan fingerprint density at radius 1 is 1.17 bits per heavy atom. The van der Waals surface area contributed by atoms with E-state index in [0.29, 0.717) is 23.3 Å². The first kappa shape index (κ1) is 26.6. The molecule has 0 unspecified atom stereocenters. The van der Waals surface area contributed by atoms with Crippen LogP contribution in [0.3, 0.4) is 0 Å². The van der Waals surface area contributed by atoms with Gasteiger partial charge in [0.05, 0.1) is 15.0 Å². The van der Waals surface area contributed by atoms with Gasteiger partial charge < -0.3 is 5.32 Å². The standard InChI is InChI=1S/C23H22Cl2N4O5S2/c24-17-4-1-5-19(20(17)25)36(33,34)28-10-6-16(7-11-28)21(30)27-9-12-29-22(31)18(35-23(29)32)13-15-3-2-8-26-14-15/h1-5,8,13-14,16H,6-7,9-12H2,(H,27,30)/b18-13-. The van der Waals surface area contributed by atoms with Crippen molar-refractivity contribution in [1.29, 1.82) is 0 Å². The van der Waals surface area contributed by atoms with Gasteiger partial charge in [-0.15, -0.1) is 0 Å². The molecule has 0 atom stereocenters. The summed E-state index contributed by atoms with van der Waals surface area (Å²) in [6.45, 7) is 0.464. The maximum absolute atomic E-state index is 13.0. The molecule has 4 rings (SSSR count). The van der Waals surface area contributed by atoms with Gasteiger partial charge in [0, 0.05) is 44.5 Å². The quantitative estimate of drug-likeness (QED) is 0.506. The van der Waals surface area contributed by atoms with Gasteiger partial charge in [-0.3, -0.25) is 24.3 Å². The molecule has 0 bridgehead atoms. The molecule has 2 saturated heterocycles. The van der Waals surface area contributed by atoms with Crippen molar-refractivity contribution in [2.24, 2.45) is 5.92 Å². The van der Waals surface area contributed by atoms with Crippen molar-refractivity contribution in [3.05, 3.63) is 63.2 Å². The van der Waals surface area contributed by atoms with Crippen LogP contribution >= 0.6 is 35.0 Å². The van der Waals surface area contributed by atoms with Crippen molar-refractivity contribution >= 4 is 68.1 Å². The number of hydrogen-bond acceptors (Lipinski definition) is 7. The van der Waals surface area contributed by atoms with Gasteiger partial charge in [-0.05, 0) is 54.4 Å². The number of halogens is 2. The summed E-state index contributed by atoms with van der Waals surface area (Å²) in [4.78, 5) is 42.8. The molecule has 3 amide bonds. The highest BCUT2D eigenvalue weighted by Crippen LogP contribution is 2.33. The van der Waals surface area contributed by atoms with E-state index >= 15 is 0 Å². The van der Waals surface area contributed by atoms with Gasteiger partial charge in [-0.25, -0.2) is 8.42 Å². The fraction of sp³-hybridized carbons (Fsp3) is 0.304. The number of aromatic nitrogens is 1. The maximum Gasteiger partial charge on any atom is 0.293 e. The Morgan fingerprint density at radius 3 is 2.61 bits per heavy atom. The van der Waals surface area contributed by atoms with Crippen LogP contribution in [-0.2, 0) is 19.6 Å². The predicted molar refractivity (Wildman–Crippen MR) is 138 cm³/mol. The van der Waals surface area contributed by atoms with Gasteiger partial charge in [-0.2, -0.15) is 4.31 Å². The summed E-state index contributed by atoms with van der Waals surface area (Å²) in [5.41, 5.74) is 0.710. The largest absolute Gasteiger partial charge is 0.354 e. The zero-order valence-corrected chi connectivity index (χ0v) is 22.0. The number of hydrogen-bond donors (Lipinski definition) is 1. The van der Waals surface area contributed by atoms with Crippen molar-refractivity contribution < 1.29 is 22.8 Å². The van der Waals surface area contributed by atoms with Crippen LogP contribution in [0.1, 0.15) is 18.4 Å². The maximum atomic E-state index is 13.0. The van der Waals surface area contributed by atoms with Crippen molar-refractivity contribution in [2.75, 3.05) is 26.2 Å². The van der Waals surface area contributed by atoms with Crippen LogP contribution in [0.25, 0.3) is 6.08 Å². The number of benzene rings is 1. The van der Waals surface area contributed by atoms with E-state index in [1.54, 1.807) is 30.6 Å². The summed E-state index contributed by atoms with van der Waals surface area (Å²) >= 11 is 12.9. The Kier molecular flexibility index (Phi) is 8.36. The van der Waals surface area contributed by atoms with Gasteiger partial charge in [0.1, 0.15) is 4.90 Å². The van der Waals surface area contributed by atoms with E-state index in [1.165, 1.54) is 22.5 Å². The van der Waals surface area contributed by atoms with Crippen molar-refractivity contribution in [3.8, 4) is 0 Å². The van der Waals surface area contributed by atoms with Crippen molar-refractivity contribution in [1.82, 2.24) is 19.5 Å². The van der Waals surface area contributed by atoms with Gasteiger partial charge in [-0.1, -0.05) is 35.3 Å². The molecule has 0 radical (unpaired) electrons. The van der Waals surface area contributed by atoms with Crippen LogP contribution in [0.15, 0.2) is 52.5 Å². The summed E-state index contributed by atoms with van der Waals surface area (Å²) in [6.07, 6.45) is 5.48. The molecule has 36 heavy (non-hydrogen) atoms. The van der Waals surface area contributed by atoms with Gasteiger partial charge >= 0.3 is 0 Å². The molecule has 3 heterocycles. The summed E-state index contributed by atoms with van der Waals surface area (Å²) in [5.74, 6) is -1.04. The minimum atomic E-state index is -3.84. The smallest absolute Gasteiger partial charge is 0.293 e. The minimum absolute atomic E-state index is 0.0263. The molecule has 1 N–H and O–H groups in total. The predicted octanol–water partition coefficient (Wildman–Crippen LogP) is 3.64. The number of carbonyl (C=O) groups is 3. The second-order valence-electron chi connectivity index (χ2n) is 8.14. The highest BCUT2D eigenvalue weighted by molar-refractivity contribution is 8.18. The van der Waals surface area contributed by atoms with E-state index in [-0.39, 0.29) is 52.9 Å². The van der Waals surface area contributed by atoms with Crippen molar-refractivity contribution in [3.63, 3.8) is 0 Å². The highest BCUT2D eigenvalue weighted by Gasteiger charge is 2.36. The number of amides is 3. The molecule has 0 spiro atoms. The number of sulfonamides is 1. The van der Waals surface area contributed by atoms with Gasteiger partial charge in [0.25, 0.3) is 11.1 Å².